The van der Waals surface area contributed by atoms with E-state index in [2.05, 4.69) is 5.32 Å². The fourth-order valence-electron chi connectivity index (χ4n) is 2.23. The number of benzene rings is 1. The minimum absolute atomic E-state index is 0.262. The first-order valence-corrected chi connectivity index (χ1v) is 6.31. The SMILES string of the molecule is Fc1ccc(CC2CCCCCN2)c(Cl)c1. The molecule has 1 N–H and O–H groups in total. The molecular formula is C13H17ClFN. The van der Waals surface area contributed by atoms with E-state index in [1.165, 1.54) is 37.8 Å². The van der Waals surface area contributed by atoms with Crippen LogP contribution in [0, 0.1) is 5.82 Å². The van der Waals surface area contributed by atoms with Gasteiger partial charge in [0.1, 0.15) is 5.82 Å². The zero-order valence-electron chi connectivity index (χ0n) is 9.31. The molecule has 3 heteroatoms. The van der Waals surface area contributed by atoms with Crippen molar-refractivity contribution in [1.82, 2.24) is 5.32 Å². The zero-order chi connectivity index (χ0) is 11.4. The third kappa shape index (κ3) is 3.19. The summed E-state index contributed by atoms with van der Waals surface area (Å²) in [4.78, 5) is 0. The van der Waals surface area contributed by atoms with Gasteiger partial charge < -0.3 is 5.32 Å². The minimum atomic E-state index is -0.262. The zero-order valence-corrected chi connectivity index (χ0v) is 10.1. The minimum Gasteiger partial charge on any atom is -0.314 e. The molecule has 1 nitrogen and oxygen atoms in total. The second-order valence-corrected chi connectivity index (χ2v) is 4.85. The molecule has 2 rings (SSSR count). The van der Waals surface area contributed by atoms with E-state index in [1.807, 2.05) is 0 Å². The molecule has 0 bridgehead atoms. The van der Waals surface area contributed by atoms with Gasteiger partial charge in [0.15, 0.2) is 0 Å². The van der Waals surface area contributed by atoms with Crippen LogP contribution in [0.25, 0.3) is 0 Å². The normalized spacial score (nSPS) is 21.8. The lowest BCUT2D eigenvalue weighted by atomic mass is 10.0. The summed E-state index contributed by atoms with van der Waals surface area (Å²) >= 11 is 6.02. The lowest BCUT2D eigenvalue weighted by Crippen LogP contribution is -2.30. The molecule has 88 valence electrons. The van der Waals surface area contributed by atoms with E-state index in [0.717, 1.165) is 18.5 Å². The van der Waals surface area contributed by atoms with Gasteiger partial charge in [-0.2, -0.15) is 0 Å². The molecule has 1 unspecified atom stereocenters. The van der Waals surface area contributed by atoms with Crippen LogP contribution in [0.2, 0.25) is 5.02 Å². The van der Waals surface area contributed by atoms with Gasteiger partial charge in [-0.05, 0) is 43.5 Å². The maximum absolute atomic E-state index is 12.9. The summed E-state index contributed by atoms with van der Waals surface area (Å²) in [6, 6.07) is 5.17. The van der Waals surface area contributed by atoms with E-state index in [1.54, 1.807) is 6.07 Å². The maximum atomic E-state index is 12.9. The van der Waals surface area contributed by atoms with Gasteiger partial charge in [-0.15, -0.1) is 0 Å². The second kappa shape index (κ2) is 5.65. The average Bonchev–Trinajstić information content (AvgIpc) is 2.51. The third-order valence-electron chi connectivity index (χ3n) is 3.14. The van der Waals surface area contributed by atoms with Crippen LogP contribution in [0.4, 0.5) is 4.39 Å². The number of nitrogens with one attached hydrogen (secondary N) is 1. The molecule has 0 amide bonds. The average molecular weight is 242 g/mol. The van der Waals surface area contributed by atoms with Crippen molar-refractivity contribution in [2.24, 2.45) is 0 Å². The molecule has 1 atom stereocenters. The molecule has 16 heavy (non-hydrogen) atoms. The van der Waals surface area contributed by atoms with Gasteiger partial charge in [0, 0.05) is 11.1 Å². The van der Waals surface area contributed by atoms with Crippen LogP contribution < -0.4 is 5.32 Å². The molecule has 1 fully saturated rings. The van der Waals surface area contributed by atoms with Gasteiger partial charge in [0.05, 0.1) is 0 Å². The van der Waals surface area contributed by atoms with E-state index in [0.29, 0.717) is 11.1 Å². The van der Waals surface area contributed by atoms with Crippen molar-refractivity contribution in [2.75, 3.05) is 6.54 Å². The molecule has 0 aliphatic carbocycles. The summed E-state index contributed by atoms with van der Waals surface area (Å²) in [6.45, 7) is 1.09. The Balaban J connectivity index is 2.01. The van der Waals surface area contributed by atoms with Gasteiger partial charge in [-0.1, -0.05) is 30.5 Å². The van der Waals surface area contributed by atoms with Crippen LogP contribution in [0.15, 0.2) is 18.2 Å². The Morgan fingerprint density at radius 2 is 2.19 bits per heavy atom. The van der Waals surface area contributed by atoms with E-state index >= 15 is 0 Å². The summed E-state index contributed by atoms with van der Waals surface area (Å²) < 4.78 is 12.9. The number of rotatable bonds is 2. The standard InChI is InChI=1S/C13H17ClFN/c14-13-9-11(15)6-5-10(13)8-12-4-2-1-3-7-16-12/h5-6,9,12,16H,1-4,7-8H2. The summed E-state index contributed by atoms with van der Waals surface area (Å²) in [5.41, 5.74) is 1.04. The highest BCUT2D eigenvalue weighted by molar-refractivity contribution is 6.31. The number of hydrogen-bond acceptors (Lipinski definition) is 1. The van der Waals surface area contributed by atoms with Gasteiger partial charge in [-0.25, -0.2) is 4.39 Å². The van der Waals surface area contributed by atoms with E-state index in [-0.39, 0.29) is 5.82 Å². The van der Waals surface area contributed by atoms with Crippen molar-refractivity contribution in [3.63, 3.8) is 0 Å². The molecule has 1 aromatic rings. The van der Waals surface area contributed by atoms with Crippen molar-refractivity contribution in [3.8, 4) is 0 Å². The topological polar surface area (TPSA) is 12.0 Å². The predicted octanol–water partition coefficient (Wildman–Crippen LogP) is 3.55. The van der Waals surface area contributed by atoms with Crippen molar-refractivity contribution < 1.29 is 4.39 Å². The lowest BCUT2D eigenvalue weighted by molar-refractivity contribution is 0.507. The van der Waals surface area contributed by atoms with E-state index in [9.17, 15) is 4.39 Å². The van der Waals surface area contributed by atoms with Gasteiger partial charge in [-0.3, -0.25) is 0 Å². The molecule has 1 aliphatic rings. The highest BCUT2D eigenvalue weighted by atomic mass is 35.5. The molecule has 0 saturated carbocycles. The molecule has 1 saturated heterocycles. The molecule has 1 aromatic carbocycles. The first-order chi connectivity index (χ1) is 7.75. The Bertz CT molecular complexity index is 346. The van der Waals surface area contributed by atoms with Gasteiger partial charge >= 0.3 is 0 Å². The summed E-state index contributed by atoms with van der Waals surface area (Å²) in [5.74, 6) is -0.262. The Labute approximate surface area is 101 Å². The second-order valence-electron chi connectivity index (χ2n) is 4.44. The van der Waals surface area contributed by atoms with Crippen molar-refractivity contribution in [1.29, 1.82) is 0 Å². The smallest absolute Gasteiger partial charge is 0.124 e. The van der Waals surface area contributed by atoms with E-state index in [4.69, 9.17) is 11.6 Å². The van der Waals surface area contributed by atoms with Crippen LogP contribution in [0.3, 0.4) is 0 Å². The Kier molecular flexibility index (Phi) is 4.19. The van der Waals surface area contributed by atoms with Crippen molar-refractivity contribution in [3.05, 3.63) is 34.6 Å². The van der Waals surface area contributed by atoms with Gasteiger partial charge in [0.25, 0.3) is 0 Å². The number of hydrogen-bond donors (Lipinski definition) is 1. The van der Waals surface area contributed by atoms with Crippen LogP contribution >= 0.6 is 11.6 Å². The largest absolute Gasteiger partial charge is 0.314 e. The summed E-state index contributed by atoms with van der Waals surface area (Å²) in [5, 5.41) is 4.07. The third-order valence-corrected chi connectivity index (χ3v) is 3.50. The summed E-state index contributed by atoms with van der Waals surface area (Å²) in [7, 11) is 0. The van der Waals surface area contributed by atoms with Crippen LogP contribution in [-0.2, 0) is 6.42 Å². The first kappa shape index (κ1) is 11.9. The molecule has 0 spiro atoms. The molecule has 0 aromatic heterocycles. The van der Waals surface area contributed by atoms with Gasteiger partial charge in [0.2, 0.25) is 0 Å². The van der Waals surface area contributed by atoms with Crippen LogP contribution in [0.1, 0.15) is 31.2 Å². The lowest BCUT2D eigenvalue weighted by Gasteiger charge is -2.16. The first-order valence-electron chi connectivity index (χ1n) is 5.93. The predicted molar refractivity (Wildman–Crippen MR) is 65.4 cm³/mol. The molecule has 1 aliphatic heterocycles. The maximum Gasteiger partial charge on any atom is 0.124 e. The molecular weight excluding hydrogens is 225 g/mol. The highest BCUT2D eigenvalue weighted by Crippen LogP contribution is 2.21. The van der Waals surface area contributed by atoms with E-state index < -0.39 is 0 Å². The fraction of sp³-hybridized carbons (Fsp3) is 0.538. The monoisotopic (exact) mass is 241 g/mol. The van der Waals surface area contributed by atoms with Crippen molar-refractivity contribution in [2.45, 2.75) is 38.1 Å². The molecule has 1 heterocycles. The summed E-state index contributed by atoms with van der Waals surface area (Å²) in [6.07, 6.45) is 5.93. The Morgan fingerprint density at radius 1 is 1.31 bits per heavy atom. The van der Waals surface area contributed by atoms with Crippen LogP contribution in [-0.4, -0.2) is 12.6 Å². The fourth-order valence-corrected chi connectivity index (χ4v) is 2.47. The molecule has 0 radical (unpaired) electrons. The highest BCUT2D eigenvalue weighted by Gasteiger charge is 2.13. The van der Waals surface area contributed by atoms with Crippen molar-refractivity contribution >= 4 is 11.6 Å². The number of halogens is 2. The van der Waals surface area contributed by atoms with Crippen LogP contribution in [0.5, 0.6) is 0 Å². The Hall–Kier alpha value is -0.600. The Morgan fingerprint density at radius 3 is 3.00 bits per heavy atom. The quantitative estimate of drug-likeness (QED) is 0.835.